The fourth-order valence-corrected chi connectivity index (χ4v) is 2.55. The van der Waals surface area contributed by atoms with Crippen LogP contribution in [0.2, 0.25) is 0 Å². The monoisotopic (exact) mass is 278 g/mol. The van der Waals surface area contributed by atoms with E-state index in [1.54, 1.807) is 12.1 Å². The van der Waals surface area contributed by atoms with Gasteiger partial charge in [-0.3, -0.25) is 9.59 Å². The lowest BCUT2D eigenvalue weighted by Gasteiger charge is -2.19. The molecule has 2 rings (SSSR count). The highest BCUT2D eigenvalue weighted by molar-refractivity contribution is 5.80. The Balaban J connectivity index is 2.46. The molecule has 1 saturated carbocycles. The molecular weight excluding hydrogens is 260 g/mol. The zero-order valence-electron chi connectivity index (χ0n) is 11.6. The average molecular weight is 278 g/mol. The van der Waals surface area contributed by atoms with Crippen molar-refractivity contribution in [1.82, 2.24) is 0 Å². The van der Waals surface area contributed by atoms with Gasteiger partial charge in [0.2, 0.25) is 0 Å². The molecule has 1 aromatic carbocycles. The molecule has 5 heteroatoms. The highest BCUT2D eigenvalue weighted by Gasteiger charge is 2.35. The van der Waals surface area contributed by atoms with E-state index in [0.29, 0.717) is 23.0 Å². The molecule has 0 saturated heterocycles. The molecule has 1 N–H and O–H groups in total. The molecule has 0 heterocycles. The molecule has 1 aliphatic rings. The van der Waals surface area contributed by atoms with Crippen LogP contribution in [0.5, 0.6) is 11.5 Å². The zero-order chi connectivity index (χ0) is 14.7. The number of benzene rings is 1. The molecule has 5 nitrogen and oxygen atoms in total. The number of carboxylic acid groups (broad SMARTS) is 1. The Morgan fingerprint density at radius 2 is 1.95 bits per heavy atom. The maximum atomic E-state index is 11.3. The SMILES string of the molecule is COc1cc(C=O)c(C(CC(=O)O)C2CC2)cc1OC. The second kappa shape index (κ2) is 5.94. The number of methoxy groups -OCH3 is 2. The van der Waals surface area contributed by atoms with Gasteiger partial charge < -0.3 is 14.6 Å². The standard InChI is InChI=1S/C15H18O5/c1-19-13-5-10(8-16)11(6-14(13)20-2)12(7-15(17)18)9-3-4-9/h5-6,8-9,12H,3-4,7H2,1-2H3,(H,17,18). The Labute approximate surface area is 117 Å². The number of ether oxygens (including phenoxy) is 2. The van der Waals surface area contributed by atoms with Crippen LogP contribution in [0.4, 0.5) is 0 Å². The first-order valence-electron chi connectivity index (χ1n) is 6.53. The third-order valence-corrected chi connectivity index (χ3v) is 3.70. The first kappa shape index (κ1) is 14.4. The van der Waals surface area contributed by atoms with E-state index in [0.717, 1.165) is 24.7 Å². The number of aliphatic carboxylic acids is 1. The number of carbonyl (C=O) groups is 2. The molecule has 20 heavy (non-hydrogen) atoms. The smallest absolute Gasteiger partial charge is 0.303 e. The maximum Gasteiger partial charge on any atom is 0.303 e. The van der Waals surface area contributed by atoms with Crippen molar-refractivity contribution in [2.24, 2.45) is 5.92 Å². The quantitative estimate of drug-likeness (QED) is 0.776. The molecular formula is C15H18O5. The van der Waals surface area contributed by atoms with Crippen molar-refractivity contribution in [3.63, 3.8) is 0 Å². The Bertz CT molecular complexity index is 519. The number of carbonyl (C=O) groups excluding carboxylic acids is 1. The van der Waals surface area contributed by atoms with Crippen LogP contribution in [0.1, 0.15) is 41.1 Å². The summed E-state index contributed by atoms with van der Waals surface area (Å²) >= 11 is 0. The van der Waals surface area contributed by atoms with Gasteiger partial charge in [-0.15, -0.1) is 0 Å². The predicted octanol–water partition coefficient (Wildman–Crippen LogP) is 2.48. The van der Waals surface area contributed by atoms with E-state index in [2.05, 4.69) is 0 Å². The summed E-state index contributed by atoms with van der Waals surface area (Å²) in [5.74, 6) is 0.330. The van der Waals surface area contributed by atoms with Gasteiger partial charge >= 0.3 is 5.97 Å². The lowest BCUT2D eigenvalue weighted by molar-refractivity contribution is -0.137. The molecule has 0 aliphatic heterocycles. The van der Waals surface area contributed by atoms with Crippen LogP contribution in [0, 0.1) is 5.92 Å². The van der Waals surface area contributed by atoms with Crippen LogP contribution in [0.15, 0.2) is 12.1 Å². The van der Waals surface area contributed by atoms with Crippen molar-refractivity contribution in [3.05, 3.63) is 23.3 Å². The molecule has 1 atom stereocenters. The largest absolute Gasteiger partial charge is 0.493 e. The van der Waals surface area contributed by atoms with Gasteiger partial charge in [-0.1, -0.05) is 0 Å². The molecule has 0 spiro atoms. The highest BCUT2D eigenvalue weighted by Crippen LogP contribution is 2.47. The number of hydrogen-bond acceptors (Lipinski definition) is 4. The summed E-state index contributed by atoms with van der Waals surface area (Å²) in [7, 11) is 3.02. The van der Waals surface area contributed by atoms with E-state index in [9.17, 15) is 9.59 Å². The zero-order valence-corrected chi connectivity index (χ0v) is 11.6. The summed E-state index contributed by atoms with van der Waals surface area (Å²) in [4.78, 5) is 22.3. The molecule has 1 fully saturated rings. The van der Waals surface area contributed by atoms with Gasteiger partial charge in [-0.2, -0.15) is 0 Å². The molecule has 0 bridgehead atoms. The minimum Gasteiger partial charge on any atom is -0.493 e. The van der Waals surface area contributed by atoms with Crippen molar-refractivity contribution >= 4 is 12.3 Å². The predicted molar refractivity (Wildman–Crippen MR) is 72.7 cm³/mol. The van der Waals surface area contributed by atoms with Crippen molar-refractivity contribution in [1.29, 1.82) is 0 Å². The molecule has 1 aliphatic carbocycles. The Hall–Kier alpha value is -2.04. The van der Waals surface area contributed by atoms with Crippen LogP contribution >= 0.6 is 0 Å². The fourth-order valence-electron chi connectivity index (χ4n) is 2.55. The Morgan fingerprint density at radius 1 is 1.35 bits per heavy atom. The lowest BCUT2D eigenvalue weighted by Crippen LogP contribution is -2.11. The van der Waals surface area contributed by atoms with Crippen molar-refractivity contribution < 1.29 is 24.2 Å². The second-order valence-corrected chi connectivity index (χ2v) is 5.00. The summed E-state index contributed by atoms with van der Waals surface area (Å²) in [6, 6.07) is 3.34. The minimum atomic E-state index is -0.853. The fraction of sp³-hybridized carbons (Fsp3) is 0.467. The third kappa shape index (κ3) is 2.92. The van der Waals surface area contributed by atoms with Gasteiger partial charge in [0.1, 0.15) is 6.29 Å². The van der Waals surface area contributed by atoms with E-state index >= 15 is 0 Å². The second-order valence-electron chi connectivity index (χ2n) is 5.00. The number of rotatable bonds is 7. The van der Waals surface area contributed by atoms with Gasteiger partial charge in [0.05, 0.1) is 20.6 Å². The number of carboxylic acids is 1. The third-order valence-electron chi connectivity index (χ3n) is 3.70. The summed E-state index contributed by atoms with van der Waals surface area (Å²) in [5, 5.41) is 9.07. The summed E-state index contributed by atoms with van der Waals surface area (Å²) in [5.41, 5.74) is 1.21. The van der Waals surface area contributed by atoms with Crippen LogP contribution in [0.3, 0.4) is 0 Å². The van der Waals surface area contributed by atoms with E-state index < -0.39 is 5.97 Å². The molecule has 0 radical (unpaired) electrons. The van der Waals surface area contributed by atoms with Crippen LogP contribution < -0.4 is 9.47 Å². The number of aldehydes is 1. The van der Waals surface area contributed by atoms with Gasteiger partial charge in [-0.25, -0.2) is 0 Å². The van der Waals surface area contributed by atoms with Gasteiger partial charge in [0.25, 0.3) is 0 Å². The number of hydrogen-bond donors (Lipinski definition) is 1. The molecule has 108 valence electrons. The van der Waals surface area contributed by atoms with Crippen molar-refractivity contribution in [2.45, 2.75) is 25.2 Å². The first-order valence-corrected chi connectivity index (χ1v) is 6.53. The highest BCUT2D eigenvalue weighted by atomic mass is 16.5. The lowest BCUT2D eigenvalue weighted by atomic mass is 9.87. The van der Waals surface area contributed by atoms with E-state index in [1.807, 2.05) is 0 Å². The summed E-state index contributed by atoms with van der Waals surface area (Å²) in [6.45, 7) is 0. The molecule has 0 amide bonds. The van der Waals surface area contributed by atoms with E-state index in [1.165, 1.54) is 14.2 Å². The molecule has 1 aromatic rings. The Kier molecular flexibility index (Phi) is 4.27. The van der Waals surface area contributed by atoms with E-state index in [-0.39, 0.29) is 12.3 Å². The van der Waals surface area contributed by atoms with Gasteiger partial charge in [0.15, 0.2) is 11.5 Å². The van der Waals surface area contributed by atoms with Gasteiger partial charge in [-0.05, 0) is 42.4 Å². The topological polar surface area (TPSA) is 72.8 Å². The molecule has 0 aromatic heterocycles. The van der Waals surface area contributed by atoms with Crippen LogP contribution in [-0.2, 0) is 4.79 Å². The van der Waals surface area contributed by atoms with E-state index in [4.69, 9.17) is 14.6 Å². The summed E-state index contributed by atoms with van der Waals surface area (Å²) in [6.07, 6.45) is 2.78. The van der Waals surface area contributed by atoms with Crippen LogP contribution in [0.25, 0.3) is 0 Å². The maximum absolute atomic E-state index is 11.3. The van der Waals surface area contributed by atoms with Gasteiger partial charge in [0, 0.05) is 5.56 Å². The van der Waals surface area contributed by atoms with Crippen LogP contribution in [-0.4, -0.2) is 31.6 Å². The molecule has 1 unspecified atom stereocenters. The Morgan fingerprint density at radius 3 is 2.40 bits per heavy atom. The normalized spacial score (nSPS) is 15.5. The minimum absolute atomic E-state index is 0.0288. The summed E-state index contributed by atoms with van der Waals surface area (Å²) < 4.78 is 10.4. The van der Waals surface area contributed by atoms with Crippen molar-refractivity contribution in [3.8, 4) is 11.5 Å². The first-order chi connectivity index (χ1) is 9.60. The average Bonchev–Trinajstić information content (AvgIpc) is 3.27. The van der Waals surface area contributed by atoms with Crippen molar-refractivity contribution in [2.75, 3.05) is 14.2 Å².